The topological polar surface area (TPSA) is 21.7 Å². The van der Waals surface area contributed by atoms with Crippen LogP contribution in [0.25, 0.3) is 39.0 Å². The van der Waals surface area contributed by atoms with Crippen molar-refractivity contribution in [3.63, 3.8) is 0 Å². The number of hydrogen-bond donors (Lipinski definition) is 0. The number of ether oxygens (including phenoxy) is 2. The van der Waals surface area contributed by atoms with Gasteiger partial charge in [-0.1, -0.05) is 146 Å². The zero-order chi connectivity index (χ0) is 38.2. The van der Waals surface area contributed by atoms with Gasteiger partial charge in [0.15, 0.2) is 23.0 Å². The quantitative estimate of drug-likeness (QED) is 0.175. The number of anilines is 3. The van der Waals surface area contributed by atoms with Crippen LogP contribution in [0.3, 0.4) is 0 Å². The molecule has 4 aliphatic rings. The van der Waals surface area contributed by atoms with Gasteiger partial charge in [-0.15, -0.1) is 0 Å². The Bertz CT molecular complexity index is 2950. The summed E-state index contributed by atoms with van der Waals surface area (Å²) in [6.07, 6.45) is 8.76. The predicted molar refractivity (Wildman–Crippen MR) is 236 cm³/mol. The molecule has 3 heteroatoms. The van der Waals surface area contributed by atoms with E-state index < -0.39 is 5.41 Å². The zero-order valence-corrected chi connectivity index (χ0v) is 31.7. The van der Waals surface area contributed by atoms with Gasteiger partial charge >= 0.3 is 0 Å². The molecule has 0 bridgehead atoms. The molecule has 274 valence electrons. The smallest absolute Gasteiger partial charge is 0.172 e. The van der Waals surface area contributed by atoms with E-state index in [0.717, 1.165) is 35.7 Å². The Balaban J connectivity index is 0.957. The van der Waals surface area contributed by atoms with Crippen LogP contribution in [0.5, 0.6) is 23.0 Å². The van der Waals surface area contributed by atoms with Crippen LogP contribution in [0.2, 0.25) is 0 Å². The van der Waals surface area contributed by atoms with E-state index in [4.69, 9.17) is 9.47 Å². The highest BCUT2D eigenvalue weighted by Crippen LogP contribution is 2.64. The van der Waals surface area contributed by atoms with Crippen molar-refractivity contribution in [3.8, 4) is 56.4 Å². The van der Waals surface area contributed by atoms with Gasteiger partial charge in [-0.2, -0.15) is 0 Å². The Hall–Kier alpha value is -7.36. The van der Waals surface area contributed by atoms with Gasteiger partial charge in [-0.25, -0.2) is 0 Å². The Labute approximate surface area is 338 Å². The van der Waals surface area contributed by atoms with Gasteiger partial charge in [0, 0.05) is 17.4 Å². The molecule has 1 heterocycles. The molecule has 8 aromatic carbocycles. The average molecular weight is 744 g/mol. The lowest BCUT2D eigenvalue weighted by molar-refractivity contribution is 0.359. The maximum atomic E-state index is 6.88. The third-order valence-corrected chi connectivity index (χ3v) is 12.4. The molecule has 58 heavy (non-hydrogen) atoms. The lowest BCUT2D eigenvalue weighted by Gasteiger charge is -2.31. The van der Waals surface area contributed by atoms with Gasteiger partial charge in [0.2, 0.25) is 0 Å². The number of allylic oxidation sites excluding steroid dienone is 4. The normalized spacial score (nSPS) is 14.5. The molecule has 0 saturated heterocycles. The third kappa shape index (κ3) is 4.86. The largest absolute Gasteiger partial charge is 0.449 e. The minimum atomic E-state index is -0.446. The molecule has 0 aromatic heterocycles. The van der Waals surface area contributed by atoms with E-state index in [1.165, 1.54) is 66.8 Å². The van der Waals surface area contributed by atoms with Crippen LogP contribution in [0.15, 0.2) is 200 Å². The molecule has 1 aliphatic heterocycles. The van der Waals surface area contributed by atoms with Crippen molar-refractivity contribution >= 4 is 22.6 Å². The van der Waals surface area contributed by atoms with E-state index in [-0.39, 0.29) is 0 Å². The molecule has 3 aliphatic carbocycles. The van der Waals surface area contributed by atoms with Crippen LogP contribution in [-0.4, -0.2) is 0 Å². The molecule has 8 aromatic rings. The van der Waals surface area contributed by atoms with Crippen molar-refractivity contribution < 1.29 is 9.47 Å². The van der Waals surface area contributed by atoms with Crippen LogP contribution in [0.4, 0.5) is 17.1 Å². The number of hydrogen-bond acceptors (Lipinski definition) is 3. The first-order valence-electron chi connectivity index (χ1n) is 20.1. The van der Waals surface area contributed by atoms with E-state index in [2.05, 4.69) is 199 Å². The van der Waals surface area contributed by atoms with E-state index in [0.29, 0.717) is 17.2 Å². The summed E-state index contributed by atoms with van der Waals surface area (Å²) in [5.41, 5.74) is 17.7. The van der Waals surface area contributed by atoms with Crippen LogP contribution in [-0.2, 0) is 5.41 Å². The van der Waals surface area contributed by atoms with Crippen molar-refractivity contribution in [2.45, 2.75) is 18.3 Å². The number of benzene rings is 8. The Morgan fingerprint density at radius 3 is 1.55 bits per heavy atom. The molecule has 0 radical (unpaired) electrons. The summed E-state index contributed by atoms with van der Waals surface area (Å²) in [4.78, 5) is 2.30. The van der Waals surface area contributed by atoms with Crippen molar-refractivity contribution in [3.05, 3.63) is 228 Å². The second-order valence-corrected chi connectivity index (χ2v) is 15.5. The van der Waals surface area contributed by atoms with Gasteiger partial charge in [0.05, 0.1) is 11.1 Å². The lowest BCUT2D eigenvalue weighted by atomic mass is 9.70. The molecular weight excluding hydrogens is 707 g/mol. The molecule has 0 fully saturated rings. The molecule has 0 unspecified atom stereocenters. The summed E-state index contributed by atoms with van der Waals surface area (Å²) in [6, 6.07) is 65.6. The Morgan fingerprint density at radius 1 is 0.397 bits per heavy atom. The summed E-state index contributed by atoms with van der Waals surface area (Å²) in [5, 5.41) is 0. The second kappa shape index (κ2) is 12.8. The van der Waals surface area contributed by atoms with Gasteiger partial charge in [0.1, 0.15) is 0 Å². The molecular formula is C55H37NO2. The molecule has 1 spiro atoms. The predicted octanol–water partition coefficient (Wildman–Crippen LogP) is 14.8. The van der Waals surface area contributed by atoms with Gasteiger partial charge < -0.3 is 14.4 Å². The number of rotatable bonds is 5. The number of fused-ring (bicyclic) bond motifs is 12. The molecule has 0 saturated carbocycles. The van der Waals surface area contributed by atoms with Gasteiger partial charge in [-0.05, 0) is 128 Å². The molecule has 0 amide bonds. The molecule has 3 nitrogen and oxygen atoms in total. The molecule has 0 N–H and O–H groups in total. The summed E-state index contributed by atoms with van der Waals surface area (Å²) in [7, 11) is 0. The molecule has 12 rings (SSSR count). The Morgan fingerprint density at radius 2 is 0.914 bits per heavy atom. The van der Waals surface area contributed by atoms with Crippen molar-refractivity contribution in [2.75, 3.05) is 4.90 Å². The highest BCUT2D eigenvalue weighted by Gasteiger charge is 2.52. The van der Waals surface area contributed by atoms with Crippen LogP contribution in [0, 0.1) is 0 Å². The fourth-order valence-corrected chi connectivity index (χ4v) is 9.84. The number of nitrogens with zero attached hydrogens (tertiary/aromatic N) is 1. The van der Waals surface area contributed by atoms with Gasteiger partial charge in [-0.3, -0.25) is 0 Å². The fraction of sp³-hybridized carbons (Fsp3) is 0.0545. The highest BCUT2D eigenvalue weighted by atomic mass is 16.6. The fourth-order valence-electron chi connectivity index (χ4n) is 9.84. The van der Waals surface area contributed by atoms with E-state index in [1.54, 1.807) is 0 Å². The van der Waals surface area contributed by atoms with Crippen molar-refractivity contribution in [1.29, 1.82) is 0 Å². The summed E-state index contributed by atoms with van der Waals surface area (Å²) in [5.74, 6) is 2.82. The monoisotopic (exact) mass is 743 g/mol. The van der Waals surface area contributed by atoms with E-state index in [9.17, 15) is 0 Å². The minimum absolute atomic E-state index is 0.446. The zero-order valence-electron chi connectivity index (χ0n) is 31.7. The maximum Gasteiger partial charge on any atom is 0.172 e. The second-order valence-electron chi connectivity index (χ2n) is 15.5. The van der Waals surface area contributed by atoms with Crippen LogP contribution < -0.4 is 14.4 Å². The van der Waals surface area contributed by atoms with Crippen LogP contribution >= 0.6 is 0 Å². The first-order chi connectivity index (χ1) is 28.7. The lowest BCUT2D eigenvalue weighted by Crippen LogP contribution is -2.25. The SMILES string of the molecule is C1=CCCC(c2ccc(N(c3ccc(-c4ccccc4)cc3)c3ccc4c(c3)Oc3cc5c(cc3O4)C3(c4ccccc4-c4ccccc43)c3ccccc3-5)cc2)=C1. The molecule has 0 atom stereocenters. The average Bonchev–Trinajstić information content (AvgIpc) is 3.75. The summed E-state index contributed by atoms with van der Waals surface area (Å²) >= 11 is 0. The summed E-state index contributed by atoms with van der Waals surface area (Å²) < 4.78 is 13.7. The van der Waals surface area contributed by atoms with E-state index >= 15 is 0 Å². The maximum absolute atomic E-state index is 6.88. The first-order valence-corrected chi connectivity index (χ1v) is 20.1. The van der Waals surface area contributed by atoms with Crippen molar-refractivity contribution in [2.24, 2.45) is 0 Å². The van der Waals surface area contributed by atoms with Gasteiger partial charge in [0.25, 0.3) is 0 Å². The Kier molecular flexibility index (Phi) is 7.27. The summed E-state index contributed by atoms with van der Waals surface area (Å²) in [6.45, 7) is 0. The minimum Gasteiger partial charge on any atom is -0.449 e. The van der Waals surface area contributed by atoms with Crippen molar-refractivity contribution in [1.82, 2.24) is 0 Å². The first kappa shape index (κ1) is 32.8. The van der Waals surface area contributed by atoms with Crippen LogP contribution in [0.1, 0.15) is 40.7 Å². The standard InChI is InChI=1S/C55H37NO2/c1-3-13-36(14-4-1)38-23-27-40(28-24-38)56(41-29-25-39(26-30-41)37-15-5-2-6-16-37)42-31-32-51-52(33-42)58-53-34-46-45-19-9-12-22-49(45)55(50(46)35-54(53)57-51)47-20-10-7-17-43(47)44-18-8-11-21-48(44)55/h1-5,7-15,17-35H,6,16H2. The van der Waals surface area contributed by atoms with E-state index in [1.807, 2.05) is 6.07 Å². The highest BCUT2D eigenvalue weighted by molar-refractivity contribution is 5.96. The third-order valence-electron chi connectivity index (χ3n) is 12.4.